The van der Waals surface area contributed by atoms with E-state index in [2.05, 4.69) is 221 Å². The van der Waals surface area contributed by atoms with Gasteiger partial charge in [-0.3, -0.25) is 0 Å². The van der Waals surface area contributed by atoms with Gasteiger partial charge < -0.3 is 9.32 Å². The highest BCUT2D eigenvalue weighted by Gasteiger charge is 2.38. The highest BCUT2D eigenvalue weighted by Crippen LogP contribution is 2.54. The van der Waals surface area contributed by atoms with Crippen molar-refractivity contribution in [2.45, 2.75) is 111 Å². The third kappa shape index (κ3) is 6.04. The third-order valence-electron chi connectivity index (χ3n) is 14.1. The molecule has 0 saturated heterocycles. The predicted molar refractivity (Wildman–Crippen MR) is 260 cm³/mol. The highest BCUT2D eigenvalue weighted by molar-refractivity contribution is 6.12. The van der Waals surface area contributed by atoms with Gasteiger partial charge in [-0.15, -0.1) is 0 Å². The molecule has 0 radical (unpaired) electrons. The van der Waals surface area contributed by atoms with E-state index in [1.807, 2.05) is 0 Å². The summed E-state index contributed by atoms with van der Waals surface area (Å²) < 4.78 is 7.27. The topological polar surface area (TPSA) is 16.4 Å². The van der Waals surface area contributed by atoms with Crippen LogP contribution >= 0.6 is 0 Å². The van der Waals surface area contributed by atoms with Gasteiger partial charge in [0.05, 0.1) is 5.69 Å². The van der Waals surface area contributed by atoms with Crippen molar-refractivity contribution in [3.05, 3.63) is 172 Å². The van der Waals surface area contributed by atoms with E-state index in [9.17, 15) is 0 Å². The van der Waals surface area contributed by atoms with Crippen LogP contribution in [0.25, 0.3) is 55.3 Å². The summed E-state index contributed by atoms with van der Waals surface area (Å²) in [6, 6.07) is 50.8. The van der Waals surface area contributed by atoms with Gasteiger partial charge in [0.25, 0.3) is 0 Å². The van der Waals surface area contributed by atoms with Gasteiger partial charge in [0.15, 0.2) is 5.58 Å². The van der Waals surface area contributed by atoms with E-state index in [0.717, 1.165) is 39.0 Å². The first-order valence-corrected chi connectivity index (χ1v) is 22.3. The number of fused-ring (bicyclic) bond motifs is 9. The lowest BCUT2D eigenvalue weighted by Gasteiger charge is -2.29. The number of nitrogens with zero attached hydrogens (tertiary/aromatic N) is 1. The van der Waals surface area contributed by atoms with Gasteiger partial charge in [-0.2, -0.15) is 0 Å². The smallest absolute Gasteiger partial charge is 0.159 e. The zero-order valence-corrected chi connectivity index (χ0v) is 38.1. The average molecular weight is 798 g/mol. The van der Waals surface area contributed by atoms with Gasteiger partial charge in [0, 0.05) is 33.0 Å². The summed E-state index contributed by atoms with van der Waals surface area (Å²) in [4.78, 5) is 2.46. The number of hydrogen-bond donors (Lipinski definition) is 0. The molecule has 2 aliphatic carbocycles. The van der Waals surface area contributed by atoms with E-state index in [1.54, 1.807) is 0 Å². The summed E-state index contributed by atoms with van der Waals surface area (Å²) >= 11 is 0. The Morgan fingerprint density at radius 1 is 0.459 bits per heavy atom. The van der Waals surface area contributed by atoms with Crippen molar-refractivity contribution in [2.24, 2.45) is 0 Å². The molecule has 0 aliphatic heterocycles. The maximum absolute atomic E-state index is 7.27. The first kappa shape index (κ1) is 39.3. The largest absolute Gasteiger partial charge is 0.454 e. The van der Waals surface area contributed by atoms with Crippen LogP contribution in [0.1, 0.15) is 128 Å². The van der Waals surface area contributed by atoms with E-state index in [1.165, 1.54) is 72.3 Å². The maximum Gasteiger partial charge on any atom is 0.159 e. The molecule has 0 unspecified atom stereocenters. The Kier molecular flexibility index (Phi) is 8.58. The lowest BCUT2D eigenvalue weighted by atomic mass is 9.78. The Morgan fingerprint density at radius 3 is 1.46 bits per heavy atom. The molecule has 0 saturated carbocycles. The standard InChI is InChI=1S/C59H59NO/c1-35(2)47-30-37(36-28-38(56(3,4)5)32-39(29-36)57(6,7)8)31-48-46-20-17-23-53(55(46)61-54(47)48)60(40-24-26-44-42-18-13-15-21-49(42)58(9,10)51(44)33-40)41-25-27-45-43-19-14-16-22-50(43)59(11,12)52(45)34-41/h13-35H,1-12H3. The van der Waals surface area contributed by atoms with Gasteiger partial charge in [-0.1, -0.05) is 174 Å². The van der Waals surface area contributed by atoms with Crippen LogP contribution in [-0.2, 0) is 21.7 Å². The summed E-state index contributed by atoms with van der Waals surface area (Å²) in [6.07, 6.45) is 0. The number of furan rings is 1. The van der Waals surface area contributed by atoms with Crippen molar-refractivity contribution >= 4 is 39.0 Å². The summed E-state index contributed by atoms with van der Waals surface area (Å²) in [5.74, 6) is 0.261. The van der Waals surface area contributed by atoms with Crippen LogP contribution in [0.4, 0.5) is 17.1 Å². The number of hydrogen-bond acceptors (Lipinski definition) is 2. The highest BCUT2D eigenvalue weighted by atomic mass is 16.3. The fraction of sp³-hybridized carbons (Fsp3) is 0.288. The van der Waals surface area contributed by atoms with Crippen molar-refractivity contribution in [3.63, 3.8) is 0 Å². The molecule has 0 atom stereocenters. The minimum absolute atomic E-state index is 0.0206. The Bertz CT molecular complexity index is 2940. The molecule has 10 rings (SSSR count). The van der Waals surface area contributed by atoms with Crippen molar-refractivity contribution in [2.75, 3.05) is 4.90 Å². The lowest BCUT2D eigenvalue weighted by Crippen LogP contribution is -2.18. The predicted octanol–water partition coefficient (Wildman–Crippen LogP) is 17.1. The Morgan fingerprint density at radius 2 is 0.951 bits per heavy atom. The van der Waals surface area contributed by atoms with Crippen LogP contribution in [0.5, 0.6) is 0 Å². The Hall–Kier alpha value is -5.86. The first-order valence-electron chi connectivity index (χ1n) is 22.3. The van der Waals surface area contributed by atoms with E-state index < -0.39 is 0 Å². The molecule has 1 heterocycles. The van der Waals surface area contributed by atoms with Gasteiger partial charge in [0.2, 0.25) is 0 Å². The van der Waals surface area contributed by atoms with Gasteiger partial charge >= 0.3 is 0 Å². The van der Waals surface area contributed by atoms with E-state index in [4.69, 9.17) is 4.42 Å². The van der Waals surface area contributed by atoms with Crippen LogP contribution in [0.15, 0.2) is 138 Å². The Labute approximate surface area is 363 Å². The molecular weight excluding hydrogens is 739 g/mol. The minimum Gasteiger partial charge on any atom is -0.454 e. The molecule has 8 aromatic rings. The molecule has 0 amide bonds. The van der Waals surface area contributed by atoms with Crippen molar-refractivity contribution in [3.8, 4) is 33.4 Å². The monoisotopic (exact) mass is 797 g/mol. The number of benzene rings is 7. The van der Waals surface area contributed by atoms with E-state index in [-0.39, 0.29) is 27.6 Å². The van der Waals surface area contributed by atoms with Gasteiger partial charge in [0.1, 0.15) is 5.58 Å². The van der Waals surface area contributed by atoms with Crippen LogP contribution in [0.3, 0.4) is 0 Å². The van der Waals surface area contributed by atoms with Crippen molar-refractivity contribution < 1.29 is 4.42 Å². The molecule has 2 heteroatoms. The van der Waals surface area contributed by atoms with Crippen molar-refractivity contribution in [1.29, 1.82) is 0 Å². The molecule has 2 aliphatic rings. The summed E-state index contributed by atoms with van der Waals surface area (Å²) in [5, 5.41) is 2.29. The third-order valence-corrected chi connectivity index (χ3v) is 14.1. The average Bonchev–Trinajstić information content (AvgIpc) is 3.80. The molecule has 306 valence electrons. The van der Waals surface area contributed by atoms with Crippen LogP contribution in [-0.4, -0.2) is 0 Å². The lowest BCUT2D eigenvalue weighted by molar-refractivity contribution is 0.569. The van der Waals surface area contributed by atoms with Crippen LogP contribution in [0, 0.1) is 0 Å². The fourth-order valence-corrected chi connectivity index (χ4v) is 10.4. The summed E-state index contributed by atoms with van der Waals surface area (Å²) in [7, 11) is 0. The van der Waals surface area contributed by atoms with Gasteiger partial charge in [-0.05, 0) is 132 Å². The van der Waals surface area contributed by atoms with E-state index >= 15 is 0 Å². The normalized spacial score (nSPS) is 15.0. The fourth-order valence-electron chi connectivity index (χ4n) is 10.4. The molecule has 2 nitrogen and oxygen atoms in total. The Balaban J connectivity index is 1.22. The molecule has 7 aromatic carbocycles. The second-order valence-electron chi connectivity index (χ2n) is 21.3. The number of rotatable bonds is 5. The second kappa shape index (κ2) is 13.3. The van der Waals surface area contributed by atoms with Gasteiger partial charge in [-0.25, -0.2) is 0 Å². The van der Waals surface area contributed by atoms with Crippen molar-refractivity contribution in [1.82, 2.24) is 0 Å². The molecule has 0 fully saturated rings. The van der Waals surface area contributed by atoms with E-state index in [0.29, 0.717) is 0 Å². The number of anilines is 3. The minimum atomic E-state index is -0.139. The maximum atomic E-state index is 7.27. The molecule has 0 N–H and O–H groups in total. The molecule has 0 bridgehead atoms. The quantitative estimate of drug-likeness (QED) is 0.172. The number of para-hydroxylation sites is 1. The molecule has 1 aromatic heterocycles. The zero-order valence-electron chi connectivity index (χ0n) is 38.1. The second-order valence-corrected chi connectivity index (χ2v) is 21.3. The van der Waals surface area contributed by atoms with Crippen LogP contribution < -0.4 is 4.90 Å². The first-order chi connectivity index (χ1) is 28.8. The summed E-state index contributed by atoms with van der Waals surface area (Å²) in [6.45, 7) is 28.0. The molecule has 61 heavy (non-hydrogen) atoms. The molecular formula is C59H59NO. The van der Waals surface area contributed by atoms with Crippen LogP contribution in [0.2, 0.25) is 0 Å². The SMILES string of the molecule is CC(C)c1cc(-c2cc(C(C)(C)C)cc(C(C)(C)C)c2)cc2c1oc1c(N(c3ccc4c(c3)C(C)(C)c3ccccc3-4)c3ccc4c(c3)C(C)(C)c3ccccc3-4)cccc12. The zero-order chi connectivity index (χ0) is 43.0. The molecule has 0 spiro atoms. The summed E-state index contributed by atoms with van der Waals surface area (Å²) in [5.41, 5.74) is 22.1.